The number of ether oxygens (including phenoxy) is 1. The van der Waals surface area contributed by atoms with Gasteiger partial charge in [0.15, 0.2) is 6.10 Å². The summed E-state index contributed by atoms with van der Waals surface area (Å²) < 4.78 is 41.8. The predicted molar refractivity (Wildman–Crippen MR) is 47.1 cm³/mol. The van der Waals surface area contributed by atoms with Crippen molar-refractivity contribution in [2.75, 3.05) is 19.7 Å². The monoisotopic (exact) mass is 211 g/mol. The molecule has 5 heteroatoms. The summed E-state index contributed by atoms with van der Waals surface area (Å²) in [6.45, 7) is 6.38. The summed E-state index contributed by atoms with van der Waals surface area (Å²) in [7, 11) is 0. The van der Waals surface area contributed by atoms with Crippen LogP contribution in [-0.4, -0.2) is 42.4 Å². The number of nitrogens with zero attached hydrogens (tertiary/aromatic N) is 1. The zero-order chi connectivity index (χ0) is 11.0. The van der Waals surface area contributed by atoms with Gasteiger partial charge in [0.25, 0.3) is 0 Å². The first-order valence-electron chi connectivity index (χ1n) is 4.64. The first kappa shape index (κ1) is 11.8. The van der Waals surface area contributed by atoms with E-state index in [1.807, 2.05) is 20.8 Å². The topological polar surface area (TPSA) is 12.5 Å². The van der Waals surface area contributed by atoms with Gasteiger partial charge in [-0.25, -0.2) is 0 Å². The fourth-order valence-electron chi connectivity index (χ4n) is 1.46. The third-order valence-corrected chi connectivity index (χ3v) is 2.38. The molecule has 14 heavy (non-hydrogen) atoms. The Kier molecular flexibility index (Phi) is 3.11. The van der Waals surface area contributed by atoms with Gasteiger partial charge < -0.3 is 4.74 Å². The molecular formula is C9H16F3NO. The maximum absolute atomic E-state index is 12.4. The predicted octanol–water partition coefficient (Wildman–Crippen LogP) is 2.05. The molecule has 0 aromatic rings. The minimum Gasteiger partial charge on any atom is -0.366 e. The summed E-state index contributed by atoms with van der Waals surface area (Å²) in [6, 6.07) is 0. The van der Waals surface area contributed by atoms with E-state index in [1.54, 1.807) is 4.90 Å². The highest BCUT2D eigenvalue weighted by Gasteiger charge is 2.44. The average molecular weight is 211 g/mol. The van der Waals surface area contributed by atoms with Gasteiger partial charge in [-0.2, -0.15) is 13.2 Å². The minimum atomic E-state index is -4.25. The first-order valence-corrected chi connectivity index (χ1v) is 4.64. The van der Waals surface area contributed by atoms with Gasteiger partial charge in [-0.1, -0.05) is 0 Å². The largest absolute Gasteiger partial charge is 0.415 e. The lowest BCUT2D eigenvalue weighted by atomic mass is 10.0. The summed E-state index contributed by atoms with van der Waals surface area (Å²) in [5, 5.41) is 0. The van der Waals surface area contributed by atoms with Crippen molar-refractivity contribution in [2.24, 2.45) is 0 Å². The van der Waals surface area contributed by atoms with E-state index in [4.69, 9.17) is 4.74 Å². The molecule has 1 aliphatic rings. The third-order valence-electron chi connectivity index (χ3n) is 2.38. The zero-order valence-corrected chi connectivity index (χ0v) is 8.69. The van der Waals surface area contributed by atoms with Gasteiger partial charge in [-0.05, 0) is 20.8 Å². The SMILES string of the molecule is CC(C)(C)N1CCOC(C(F)(F)F)C1. The van der Waals surface area contributed by atoms with E-state index in [0.29, 0.717) is 6.54 Å². The average Bonchev–Trinajstić information content (AvgIpc) is 2.01. The van der Waals surface area contributed by atoms with Gasteiger partial charge in [-0.3, -0.25) is 4.90 Å². The quantitative estimate of drug-likeness (QED) is 0.608. The molecule has 1 aliphatic heterocycles. The summed E-state index contributed by atoms with van der Waals surface area (Å²) in [6.07, 6.45) is -5.88. The van der Waals surface area contributed by atoms with Crippen LogP contribution in [0.2, 0.25) is 0 Å². The smallest absolute Gasteiger partial charge is 0.366 e. The summed E-state index contributed by atoms with van der Waals surface area (Å²) in [5.41, 5.74) is -0.229. The lowest BCUT2D eigenvalue weighted by molar-refractivity contribution is -0.242. The first-order chi connectivity index (χ1) is 6.21. The molecule has 1 rings (SSSR count). The molecule has 0 saturated carbocycles. The van der Waals surface area contributed by atoms with Crippen molar-refractivity contribution in [2.45, 2.75) is 38.6 Å². The molecular weight excluding hydrogens is 195 g/mol. The molecule has 0 aromatic carbocycles. The van der Waals surface area contributed by atoms with Crippen LogP contribution in [0.4, 0.5) is 13.2 Å². The van der Waals surface area contributed by atoms with E-state index in [2.05, 4.69) is 0 Å². The lowest BCUT2D eigenvalue weighted by Gasteiger charge is -2.41. The Hall–Kier alpha value is -0.290. The Morgan fingerprint density at radius 3 is 2.21 bits per heavy atom. The van der Waals surface area contributed by atoms with Crippen LogP contribution in [0.1, 0.15) is 20.8 Å². The van der Waals surface area contributed by atoms with Crippen LogP contribution >= 0.6 is 0 Å². The highest BCUT2D eigenvalue weighted by molar-refractivity contribution is 4.84. The van der Waals surface area contributed by atoms with Crippen molar-refractivity contribution >= 4 is 0 Å². The molecule has 0 aliphatic carbocycles. The molecule has 0 amide bonds. The number of rotatable bonds is 0. The van der Waals surface area contributed by atoms with Crippen molar-refractivity contribution in [3.05, 3.63) is 0 Å². The number of halogens is 3. The third kappa shape index (κ3) is 2.85. The molecule has 1 fully saturated rings. The second kappa shape index (κ2) is 3.70. The van der Waals surface area contributed by atoms with Gasteiger partial charge in [-0.15, -0.1) is 0 Å². The molecule has 0 bridgehead atoms. The molecule has 1 unspecified atom stereocenters. The number of hydrogen-bond acceptors (Lipinski definition) is 2. The second-order valence-electron chi connectivity index (χ2n) is 4.52. The molecule has 0 spiro atoms. The van der Waals surface area contributed by atoms with E-state index in [9.17, 15) is 13.2 Å². The van der Waals surface area contributed by atoms with Crippen LogP contribution in [-0.2, 0) is 4.74 Å². The minimum absolute atomic E-state index is 0.0625. The van der Waals surface area contributed by atoms with E-state index < -0.39 is 12.3 Å². The van der Waals surface area contributed by atoms with Gasteiger partial charge in [0, 0.05) is 18.6 Å². The second-order valence-corrected chi connectivity index (χ2v) is 4.52. The van der Waals surface area contributed by atoms with Crippen LogP contribution in [0.15, 0.2) is 0 Å². The maximum atomic E-state index is 12.4. The molecule has 2 nitrogen and oxygen atoms in total. The number of alkyl halides is 3. The Morgan fingerprint density at radius 1 is 1.21 bits per heavy atom. The van der Waals surface area contributed by atoms with Gasteiger partial charge in [0.1, 0.15) is 0 Å². The van der Waals surface area contributed by atoms with Crippen LogP contribution in [0.25, 0.3) is 0 Å². The van der Waals surface area contributed by atoms with Crippen LogP contribution < -0.4 is 0 Å². The number of morpholine rings is 1. The Morgan fingerprint density at radius 2 is 1.79 bits per heavy atom. The summed E-state index contributed by atoms with van der Waals surface area (Å²) in [5.74, 6) is 0. The van der Waals surface area contributed by atoms with Crippen LogP contribution in [0.3, 0.4) is 0 Å². The highest BCUT2D eigenvalue weighted by atomic mass is 19.4. The summed E-state index contributed by atoms with van der Waals surface area (Å²) in [4.78, 5) is 1.80. The Bertz CT molecular complexity index is 177. The fraction of sp³-hybridized carbons (Fsp3) is 1.00. The standard InChI is InChI=1S/C9H16F3NO/c1-8(2,3)13-4-5-14-7(6-13)9(10,11)12/h7H,4-6H2,1-3H3. The van der Waals surface area contributed by atoms with Gasteiger partial charge in [0.2, 0.25) is 0 Å². The maximum Gasteiger partial charge on any atom is 0.415 e. The van der Waals surface area contributed by atoms with Crippen LogP contribution in [0, 0.1) is 0 Å². The van der Waals surface area contributed by atoms with Gasteiger partial charge >= 0.3 is 6.18 Å². The van der Waals surface area contributed by atoms with Crippen molar-refractivity contribution in [3.63, 3.8) is 0 Å². The number of hydrogen-bond donors (Lipinski definition) is 0. The zero-order valence-electron chi connectivity index (χ0n) is 8.69. The lowest BCUT2D eigenvalue weighted by Crippen LogP contribution is -2.55. The van der Waals surface area contributed by atoms with E-state index in [-0.39, 0.29) is 18.7 Å². The molecule has 0 aromatic heterocycles. The highest BCUT2D eigenvalue weighted by Crippen LogP contribution is 2.28. The molecule has 0 N–H and O–H groups in total. The fourth-order valence-corrected chi connectivity index (χ4v) is 1.46. The molecule has 0 radical (unpaired) electrons. The van der Waals surface area contributed by atoms with Gasteiger partial charge in [0.05, 0.1) is 6.61 Å². The van der Waals surface area contributed by atoms with Crippen molar-refractivity contribution in [3.8, 4) is 0 Å². The van der Waals surface area contributed by atoms with Crippen molar-refractivity contribution < 1.29 is 17.9 Å². The van der Waals surface area contributed by atoms with E-state index in [0.717, 1.165) is 0 Å². The van der Waals surface area contributed by atoms with Crippen molar-refractivity contribution in [1.82, 2.24) is 4.90 Å². The van der Waals surface area contributed by atoms with Crippen LogP contribution in [0.5, 0.6) is 0 Å². The summed E-state index contributed by atoms with van der Waals surface area (Å²) >= 11 is 0. The molecule has 84 valence electrons. The normalized spacial score (nSPS) is 26.6. The molecule has 1 saturated heterocycles. The van der Waals surface area contributed by atoms with E-state index in [1.165, 1.54) is 0 Å². The van der Waals surface area contributed by atoms with Crippen molar-refractivity contribution in [1.29, 1.82) is 0 Å². The Balaban J connectivity index is 2.61. The van der Waals surface area contributed by atoms with E-state index >= 15 is 0 Å². The Labute approximate surface area is 82.0 Å². The molecule has 1 atom stereocenters. The molecule has 1 heterocycles.